The number of halogens is 1. The van der Waals surface area contributed by atoms with Crippen molar-refractivity contribution in [1.29, 1.82) is 0 Å². The lowest BCUT2D eigenvalue weighted by molar-refractivity contribution is 0.0730. The zero-order valence-electron chi connectivity index (χ0n) is 13.5. The van der Waals surface area contributed by atoms with Crippen LogP contribution in [0.4, 0.5) is 0 Å². The van der Waals surface area contributed by atoms with E-state index in [2.05, 4.69) is 5.32 Å². The van der Waals surface area contributed by atoms with Gasteiger partial charge in [-0.25, -0.2) is 0 Å². The first-order valence-corrected chi connectivity index (χ1v) is 7.90. The van der Waals surface area contributed by atoms with Crippen molar-refractivity contribution < 1.29 is 9.59 Å². The summed E-state index contributed by atoms with van der Waals surface area (Å²) in [5.74, 6) is -0.462. The largest absolute Gasteiger partial charge is 0.339 e. The topological polar surface area (TPSA) is 46.2 Å². The van der Waals surface area contributed by atoms with E-state index in [4.69, 9.17) is 11.6 Å². The van der Waals surface area contributed by atoms with Crippen LogP contribution in [0.15, 0.2) is 54.6 Å². The maximum atomic E-state index is 12.9. The van der Waals surface area contributed by atoms with Crippen LogP contribution < -0.4 is 5.32 Å². The summed E-state index contributed by atoms with van der Waals surface area (Å²) >= 11 is 5.88. The second kappa shape index (κ2) is 6.97. The van der Waals surface area contributed by atoms with Crippen molar-refractivity contribution in [2.24, 2.45) is 5.92 Å². The molecule has 1 atom stereocenters. The standard InChI is InChI=1S/C19H20ClNO2/c1-13(2)19(3,17(22)14-9-11-16(20)12-10-14)21-18(23)15-7-5-4-6-8-15/h4-13H,1-3H3,(H,21,23). The Morgan fingerprint density at radius 2 is 1.52 bits per heavy atom. The minimum atomic E-state index is -0.999. The van der Waals surface area contributed by atoms with Crippen molar-refractivity contribution in [1.82, 2.24) is 5.32 Å². The number of amides is 1. The van der Waals surface area contributed by atoms with Crippen LogP contribution in [-0.4, -0.2) is 17.2 Å². The third-order valence-electron chi connectivity index (χ3n) is 4.14. The van der Waals surface area contributed by atoms with Crippen molar-refractivity contribution in [3.05, 3.63) is 70.7 Å². The van der Waals surface area contributed by atoms with Crippen molar-refractivity contribution in [3.63, 3.8) is 0 Å². The number of rotatable bonds is 5. The molecule has 0 bridgehead atoms. The number of hydrogen-bond acceptors (Lipinski definition) is 2. The molecule has 2 aromatic carbocycles. The predicted octanol–water partition coefficient (Wildman–Crippen LogP) is 4.37. The summed E-state index contributed by atoms with van der Waals surface area (Å²) in [6.07, 6.45) is 0. The summed E-state index contributed by atoms with van der Waals surface area (Å²) in [4.78, 5) is 25.4. The molecule has 0 fully saturated rings. The normalized spacial score (nSPS) is 13.4. The summed E-state index contributed by atoms with van der Waals surface area (Å²) in [7, 11) is 0. The van der Waals surface area contributed by atoms with E-state index in [9.17, 15) is 9.59 Å². The van der Waals surface area contributed by atoms with E-state index in [0.717, 1.165) is 0 Å². The molecule has 0 saturated carbocycles. The molecule has 1 unspecified atom stereocenters. The van der Waals surface area contributed by atoms with Gasteiger partial charge >= 0.3 is 0 Å². The van der Waals surface area contributed by atoms with E-state index in [0.29, 0.717) is 16.1 Å². The van der Waals surface area contributed by atoms with Crippen molar-refractivity contribution in [2.75, 3.05) is 0 Å². The molecule has 0 aliphatic heterocycles. The molecule has 0 heterocycles. The van der Waals surface area contributed by atoms with Gasteiger partial charge in [0.25, 0.3) is 5.91 Å². The van der Waals surface area contributed by atoms with Crippen LogP contribution in [-0.2, 0) is 0 Å². The van der Waals surface area contributed by atoms with Gasteiger partial charge in [0.1, 0.15) is 5.54 Å². The highest BCUT2D eigenvalue weighted by molar-refractivity contribution is 6.30. The van der Waals surface area contributed by atoms with Crippen LogP contribution in [0.3, 0.4) is 0 Å². The lowest BCUT2D eigenvalue weighted by Gasteiger charge is -2.33. The molecule has 120 valence electrons. The molecule has 0 spiro atoms. The van der Waals surface area contributed by atoms with Crippen molar-refractivity contribution >= 4 is 23.3 Å². The smallest absolute Gasteiger partial charge is 0.252 e. The van der Waals surface area contributed by atoms with E-state index in [1.165, 1.54) is 0 Å². The average molecular weight is 330 g/mol. The fraction of sp³-hybridized carbons (Fsp3) is 0.263. The highest BCUT2D eigenvalue weighted by Crippen LogP contribution is 2.24. The number of ketones is 1. The number of carbonyl (C=O) groups excluding carboxylic acids is 2. The van der Waals surface area contributed by atoms with Crippen molar-refractivity contribution in [2.45, 2.75) is 26.3 Å². The molecule has 2 aromatic rings. The zero-order valence-corrected chi connectivity index (χ0v) is 14.2. The van der Waals surface area contributed by atoms with Crippen LogP contribution in [0.1, 0.15) is 41.5 Å². The van der Waals surface area contributed by atoms with Gasteiger partial charge in [-0.3, -0.25) is 9.59 Å². The molecule has 4 heteroatoms. The Kier molecular flexibility index (Phi) is 5.22. The van der Waals surface area contributed by atoms with E-state index < -0.39 is 5.54 Å². The Morgan fingerprint density at radius 1 is 0.957 bits per heavy atom. The highest BCUT2D eigenvalue weighted by Gasteiger charge is 2.38. The van der Waals surface area contributed by atoms with E-state index in [1.807, 2.05) is 19.9 Å². The maximum absolute atomic E-state index is 12.9. The minimum Gasteiger partial charge on any atom is -0.339 e. The fourth-order valence-electron chi connectivity index (χ4n) is 2.26. The van der Waals surface area contributed by atoms with Crippen LogP contribution in [0.2, 0.25) is 5.02 Å². The predicted molar refractivity (Wildman–Crippen MR) is 92.9 cm³/mol. The van der Waals surface area contributed by atoms with E-state index in [1.54, 1.807) is 55.5 Å². The van der Waals surface area contributed by atoms with Gasteiger partial charge in [0.2, 0.25) is 0 Å². The molecular formula is C19H20ClNO2. The number of carbonyl (C=O) groups is 2. The number of Topliss-reactive ketones (excluding diaryl/α,β-unsaturated/α-hetero) is 1. The molecule has 0 saturated heterocycles. The van der Waals surface area contributed by atoms with Gasteiger partial charge < -0.3 is 5.32 Å². The van der Waals surface area contributed by atoms with Crippen LogP contribution in [0.5, 0.6) is 0 Å². The van der Waals surface area contributed by atoms with Crippen molar-refractivity contribution in [3.8, 4) is 0 Å². The molecule has 3 nitrogen and oxygen atoms in total. The number of hydrogen-bond donors (Lipinski definition) is 1. The molecule has 1 N–H and O–H groups in total. The van der Waals surface area contributed by atoms with Gasteiger partial charge in [-0.05, 0) is 49.2 Å². The Bertz CT molecular complexity index is 695. The summed E-state index contributed by atoms with van der Waals surface area (Å²) in [6.45, 7) is 5.59. The molecule has 23 heavy (non-hydrogen) atoms. The Labute approximate surface area is 141 Å². The van der Waals surface area contributed by atoms with Crippen LogP contribution in [0, 0.1) is 5.92 Å². The van der Waals surface area contributed by atoms with Gasteiger partial charge in [-0.1, -0.05) is 43.6 Å². The number of nitrogens with one attached hydrogen (secondary N) is 1. The van der Waals surface area contributed by atoms with Gasteiger partial charge in [0, 0.05) is 16.1 Å². The number of benzene rings is 2. The average Bonchev–Trinajstić information content (AvgIpc) is 2.55. The molecule has 1 amide bonds. The summed E-state index contributed by atoms with van der Waals surface area (Å²) in [5.41, 5.74) is 0.0584. The van der Waals surface area contributed by atoms with Gasteiger partial charge in [0.05, 0.1) is 0 Å². The second-order valence-electron chi connectivity index (χ2n) is 6.01. The fourth-order valence-corrected chi connectivity index (χ4v) is 2.39. The maximum Gasteiger partial charge on any atom is 0.252 e. The molecule has 0 aliphatic carbocycles. The summed E-state index contributed by atoms with van der Waals surface area (Å²) in [6, 6.07) is 15.6. The molecule has 2 rings (SSSR count). The monoisotopic (exact) mass is 329 g/mol. The lowest BCUT2D eigenvalue weighted by Crippen LogP contribution is -2.55. The Hall–Kier alpha value is -2.13. The zero-order chi connectivity index (χ0) is 17.0. The first-order valence-electron chi connectivity index (χ1n) is 7.52. The third-order valence-corrected chi connectivity index (χ3v) is 4.39. The molecular weight excluding hydrogens is 310 g/mol. The summed E-state index contributed by atoms with van der Waals surface area (Å²) in [5, 5.41) is 3.47. The van der Waals surface area contributed by atoms with E-state index >= 15 is 0 Å². The Balaban J connectivity index is 2.30. The van der Waals surface area contributed by atoms with Gasteiger partial charge in [-0.15, -0.1) is 0 Å². The first-order chi connectivity index (χ1) is 10.8. The quantitative estimate of drug-likeness (QED) is 0.828. The highest BCUT2D eigenvalue weighted by atomic mass is 35.5. The van der Waals surface area contributed by atoms with Gasteiger partial charge in [-0.2, -0.15) is 0 Å². The van der Waals surface area contributed by atoms with Crippen LogP contribution >= 0.6 is 11.6 Å². The third kappa shape index (κ3) is 3.80. The minimum absolute atomic E-state index is 0.0710. The van der Waals surface area contributed by atoms with Crippen LogP contribution in [0.25, 0.3) is 0 Å². The SMILES string of the molecule is CC(C)C(C)(NC(=O)c1ccccc1)C(=O)c1ccc(Cl)cc1. The van der Waals surface area contributed by atoms with Gasteiger partial charge in [0.15, 0.2) is 5.78 Å². The lowest BCUT2D eigenvalue weighted by atomic mass is 9.81. The summed E-state index contributed by atoms with van der Waals surface area (Å²) < 4.78 is 0. The molecule has 0 radical (unpaired) electrons. The molecule has 0 aromatic heterocycles. The Morgan fingerprint density at radius 3 is 2.04 bits per heavy atom. The first kappa shape index (κ1) is 17.2. The second-order valence-corrected chi connectivity index (χ2v) is 6.45. The molecule has 0 aliphatic rings. The van der Waals surface area contributed by atoms with E-state index in [-0.39, 0.29) is 17.6 Å².